The molecule has 7 nitrogen and oxygen atoms in total. The molecule has 0 aliphatic carbocycles. The van der Waals surface area contributed by atoms with Crippen LogP contribution in [0.1, 0.15) is 0 Å². The van der Waals surface area contributed by atoms with Gasteiger partial charge in [0.25, 0.3) is 5.91 Å². The molecule has 1 N–H and O–H groups in total. The zero-order valence-corrected chi connectivity index (χ0v) is 13.8. The van der Waals surface area contributed by atoms with Gasteiger partial charge in [-0.3, -0.25) is 9.59 Å². The second kappa shape index (κ2) is 8.34. The van der Waals surface area contributed by atoms with Crippen LogP contribution in [0.3, 0.4) is 0 Å². The van der Waals surface area contributed by atoms with Crippen molar-refractivity contribution in [2.24, 2.45) is 0 Å². The van der Waals surface area contributed by atoms with Crippen LogP contribution in [-0.4, -0.2) is 42.3 Å². The SMILES string of the molecule is CN(CC(=O)OCC(=O)Nc1ccc(F)c(F)c1)c1ccc(Cl)nn1. The van der Waals surface area contributed by atoms with E-state index in [-0.39, 0.29) is 17.4 Å². The number of anilines is 2. The highest BCUT2D eigenvalue weighted by Crippen LogP contribution is 2.13. The molecule has 2 aromatic rings. The minimum atomic E-state index is -1.10. The molecule has 0 aliphatic heterocycles. The lowest BCUT2D eigenvalue weighted by Gasteiger charge is -2.16. The summed E-state index contributed by atoms with van der Waals surface area (Å²) in [6.07, 6.45) is 0. The van der Waals surface area contributed by atoms with Crippen LogP contribution in [0.2, 0.25) is 5.15 Å². The number of carbonyl (C=O) groups is 2. The number of nitrogens with zero attached hydrogens (tertiary/aromatic N) is 3. The van der Waals surface area contributed by atoms with Crippen LogP contribution in [0.4, 0.5) is 20.3 Å². The zero-order valence-electron chi connectivity index (χ0n) is 13.0. The van der Waals surface area contributed by atoms with Gasteiger partial charge in [0.2, 0.25) is 0 Å². The van der Waals surface area contributed by atoms with Crippen LogP contribution in [0.25, 0.3) is 0 Å². The monoisotopic (exact) mass is 370 g/mol. The standard InChI is InChI=1S/C15H13ClF2N4O3/c1-22(13-5-4-12(16)20-21-13)7-15(24)25-8-14(23)19-9-2-3-10(17)11(18)6-9/h2-6H,7-8H2,1H3,(H,19,23). The molecule has 25 heavy (non-hydrogen) atoms. The summed E-state index contributed by atoms with van der Waals surface area (Å²) in [5.74, 6) is -3.10. The third-order valence-electron chi connectivity index (χ3n) is 2.94. The molecule has 1 heterocycles. The molecule has 132 valence electrons. The van der Waals surface area contributed by atoms with Crippen molar-refractivity contribution in [2.75, 3.05) is 30.4 Å². The van der Waals surface area contributed by atoms with E-state index in [9.17, 15) is 18.4 Å². The Hall–Kier alpha value is -2.81. The van der Waals surface area contributed by atoms with Gasteiger partial charge in [-0.15, -0.1) is 10.2 Å². The van der Waals surface area contributed by atoms with Crippen molar-refractivity contribution in [1.82, 2.24) is 10.2 Å². The number of hydrogen-bond acceptors (Lipinski definition) is 6. The van der Waals surface area contributed by atoms with Gasteiger partial charge in [-0.05, 0) is 24.3 Å². The fourth-order valence-electron chi connectivity index (χ4n) is 1.75. The average molecular weight is 371 g/mol. The van der Waals surface area contributed by atoms with E-state index in [1.807, 2.05) is 0 Å². The molecule has 0 saturated heterocycles. The summed E-state index contributed by atoms with van der Waals surface area (Å²) in [6, 6.07) is 5.96. The number of ether oxygens (including phenoxy) is 1. The Labute approximate surface area is 146 Å². The first-order valence-electron chi connectivity index (χ1n) is 6.96. The van der Waals surface area contributed by atoms with E-state index in [1.165, 1.54) is 17.0 Å². The Balaban J connectivity index is 1.79. The van der Waals surface area contributed by atoms with E-state index in [0.717, 1.165) is 12.1 Å². The lowest BCUT2D eigenvalue weighted by atomic mass is 10.3. The van der Waals surface area contributed by atoms with E-state index >= 15 is 0 Å². The largest absolute Gasteiger partial charge is 0.454 e. The summed E-state index contributed by atoms with van der Waals surface area (Å²) in [7, 11) is 1.58. The van der Waals surface area contributed by atoms with E-state index in [0.29, 0.717) is 5.82 Å². The fourth-order valence-corrected chi connectivity index (χ4v) is 1.85. The molecule has 0 bridgehead atoms. The predicted molar refractivity (Wildman–Crippen MR) is 86.3 cm³/mol. The van der Waals surface area contributed by atoms with Gasteiger partial charge in [-0.2, -0.15) is 0 Å². The van der Waals surface area contributed by atoms with Gasteiger partial charge >= 0.3 is 5.97 Å². The first-order valence-corrected chi connectivity index (χ1v) is 7.34. The quantitative estimate of drug-likeness (QED) is 0.783. The number of carbonyl (C=O) groups excluding carboxylic acids is 2. The van der Waals surface area contributed by atoms with Gasteiger partial charge in [0.15, 0.2) is 29.2 Å². The second-order valence-corrected chi connectivity index (χ2v) is 5.30. The number of nitrogens with one attached hydrogen (secondary N) is 1. The van der Waals surface area contributed by atoms with Crippen LogP contribution >= 0.6 is 11.6 Å². The summed E-state index contributed by atoms with van der Waals surface area (Å²) < 4.78 is 30.6. The van der Waals surface area contributed by atoms with Crippen LogP contribution in [0.5, 0.6) is 0 Å². The van der Waals surface area contributed by atoms with Crippen molar-refractivity contribution < 1.29 is 23.1 Å². The molecule has 0 fully saturated rings. The molecule has 10 heteroatoms. The molecular weight excluding hydrogens is 358 g/mol. The van der Waals surface area contributed by atoms with E-state index in [4.69, 9.17) is 16.3 Å². The van der Waals surface area contributed by atoms with E-state index < -0.39 is 30.1 Å². The molecule has 0 radical (unpaired) electrons. The molecule has 1 aromatic heterocycles. The molecule has 1 aromatic carbocycles. The van der Waals surface area contributed by atoms with Crippen molar-refractivity contribution in [2.45, 2.75) is 0 Å². The minimum Gasteiger partial charge on any atom is -0.454 e. The molecule has 2 rings (SSSR count). The summed E-state index contributed by atoms with van der Waals surface area (Å²) in [5.41, 5.74) is 0.0495. The van der Waals surface area contributed by atoms with Crippen molar-refractivity contribution >= 4 is 35.0 Å². The third kappa shape index (κ3) is 5.64. The van der Waals surface area contributed by atoms with Crippen LogP contribution in [0, 0.1) is 11.6 Å². The third-order valence-corrected chi connectivity index (χ3v) is 3.14. The van der Waals surface area contributed by atoms with Gasteiger partial charge in [-0.25, -0.2) is 8.78 Å². The summed E-state index contributed by atoms with van der Waals surface area (Å²) in [5, 5.41) is 9.93. The highest BCUT2D eigenvalue weighted by atomic mass is 35.5. The van der Waals surface area contributed by atoms with Crippen LogP contribution in [0.15, 0.2) is 30.3 Å². The van der Waals surface area contributed by atoms with Gasteiger partial charge < -0.3 is 15.0 Å². The first kappa shape index (κ1) is 18.5. The first-order chi connectivity index (χ1) is 11.8. The maximum absolute atomic E-state index is 13.0. The molecule has 1 amide bonds. The van der Waals surface area contributed by atoms with Crippen molar-refractivity contribution in [3.8, 4) is 0 Å². The highest BCUT2D eigenvalue weighted by Gasteiger charge is 2.13. The van der Waals surface area contributed by atoms with E-state index in [1.54, 1.807) is 13.1 Å². The van der Waals surface area contributed by atoms with Gasteiger partial charge in [-0.1, -0.05) is 11.6 Å². The van der Waals surface area contributed by atoms with Crippen molar-refractivity contribution in [1.29, 1.82) is 0 Å². The maximum Gasteiger partial charge on any atom is 0.326 e. The zero-order chi connectivity index (χ0) is 18.4. The Morgan fingerprint density at radius 3 is 2.60 bits per heavy atom. The number of likely N-dealkylation sites (N-methyl/N-ethyl adjacent to an activating group) is 1. The smallest absolute Gasteiger partial charge is 0.326 e. The lowest BCUT2D eigenvalue weighted by Crippen LogP contribution is -2.30. The number of halogens is 3. The van der Waals surface area contributed by atoms with E-state index in [2.05, 4.69) is 15.5 Å². The van der Waals surface area contributed by atoms with Gasteiger partial charge in [0, 0.05) is 18.8 Å². The van der Waals surface area contributed by atoms with Gasteiger partial charge in [0.1, 0.15) is 6.54 Å². The molecular formula is C15H13ClF2N4O3. The molecule has 0 spiro atoms. The number of hydrogen-bond donors (Lipinski definition) is 1. The van der Waals surface area contributed by atoms with Crippen LogP contribution in [-0.2, 0) is 14.3 Å². The number of amides is 1. The van der Waals surface area contributed by atoms with Crippen LogP contribution < -0.4 is 10.2 Å². The number of aromatic nitrogens is 2. The van der Waals surface area contributed by atoms with Crippen molar-refractivity contribution in [3.63, 3.8) is 0 Å². The number of benzene rings is 1. The molecule has 0 aliphatic rings. The summed E-state index contributed by atoms with van der Waals surface area (Å²) >= 11 is 5.62. The Kier molecular flexibility index (Phi) is 6.18. The van der Waals surface area contributed by atoms with Gasteiger partial charge in [0.05, 0.1) is 0 Å². The molecule has 0 saturated carbocycles. The lowest BCUT2D eigenvalue weighted by molar-refractivity contribution is -0.145. The number of rotatable bonds is 6. The average Bonchev–Trinajstić information content (AvgIpc) is 2.57. The Morgan fingerprint density at radius 2 is 1.96 bits per heavy atom. The molecule has 0 atom stereocenters. The highest BCUT2D eigenvalue weighted by molar-refractivity contribution is 6.29. The van der Waals surface area contributed by atoms with Crippen molar-refractivity contribution in [3.05, 3.63) is 47.1 Å². The summed E-state index contributed by atoms with van der Waals surface area (Å²) in [4.78, 5) is 24.8. The summed E-state index contributed by atoms with van der Waals surface area (Å²) in [6.45, 7) is -0.743. The second-order valence-electron chi connectivity index (χ2n) is 4.91. The normalized spacial score (nSPS) is 10.2. The fraction of sp³-hybridized carbons (Fsp3) is 0.200. The Bertz CT molecular complexity index is 774. The Morgan fingerprint density at radius 1 is 1.20 bits per heavy atom. The molecule has 0 unspecified atom stereocenters. The maximum atomic E-state index is 13.0. The minimum absolute atomic E-state index is 0.0495. The predicted octanol–water partition coefficient (Wildman–Crippen LogP) is 2.03. The number of esters is 1. The topological polar surface area (TPSA) is 84.4 Å².